The molecule has 3 aromatic rings. The van der Waals surface area contributed by atoms with Gasteiger partial charge in [-0.3, -0.25) is 4.72 Å². The number of aromatic nitrogens is 1. The first-order chi connectivity index (χ1) is 11.3. The number of aryl methyl sites for hydroxylation is 3. The van der Waals surface area contributed by atoms with E-state index in [0.717, 1.165) is 22.3 Å². The molecule has 2 aromatic carbocycles. The molecule has 3 rings (SSSR count). The second kappa shape index (κ2) is 6.17. The smallest absolute Gasteiger partial charge is 0.261 e. The van der Waals surface area contributed by atoms with Crippen molar-refractivity contribution in [3.63, 3.8) is 0 Å². The summed E-state index contributed by atoms with van der Waals surface area (Å²) in [6.45, 7) is 3.88. The number of rotatable bonds is 4. The molecule has 24 heavy (non-hydrogen) atoms. The quantitative estimate of drug-likeness (QED) is 0.777. The van der Waals surface area contributed by atoms with Gasteiger partial charge in [0.25, 0.3) is 10.0 Å². The summed E-state index contributed by atoms with van der Waals surface area (Å²) in [5.41, 5.74) is 4.62. The number of hydrogen-bond acceptors (Lipinski definition) is 2. The average molecular weight is 340 g/mol. The summed E-state index contributed by atoms with van der Waals surface area (Å²) in [4.78, 5) is 0.260. The van der Waals surface area contributed by atoms with E-state index in [1.807, 2.05) is 62.1 Å². The first-order valence-electron chi connectivity index (χ1n) is 7.67. The summed E-state index contributed by atoms with van der Waals surface area (Å²) in [6, 6.07) is 14.6. The van der Waals surface area contributed by atoms with Crippen molar-refractivity contribution < 1.29 is 8.42 Å². The molecule has 5 heteroatoms. The molecule has 0 radical (unpaired) electrons. The molecule has 0 fully saturated rings. The number of hydrogen-bond donors (Lipinski definition) is 1. The molecule has 0 aliphatic carbocycles. The molecule has 0 saturated carbocycles. The van der Waals surface area contributed by atoms with E-state index in [0.29, 0.717) is 5.69 Å². The molecule has 0 amide bonds. The maximum absolute atomic E-state index is 12.6. The van der Waals surface area contributed by atoms with Crippen LogP contribution in [0.2, 0.25) is 0 Å². The zero-order chi connectivity index (χ0) is 17.3. The zero-order valence-corrected chi connectivity index (χ0v) is 14.8. The highest BCUT2D eigenvalue weighted by atomic mass is 32.2. The predicted octanol–water partition coefficient (Wildman–Crippen LogP) is 4.11. The van der Waals surface area contributed by atoms with Gasteiger partial charge in [-0.25, -0.2) is 8.42 Å². The van der Waals surface area contributed by atoms with Gasteiger partial charge in [0.2, 0.25) is 0 Å². The van der Waals surface area contributed by atoms with Gasteiger partial charge < -0.3 is 4.57 Å². The molecule has 0 bridgehead atoms. The van der Waals surface area contributed by atoms with Crippen molar-refractivity contribution in [1.29, 1.82) is 0 Å². The van der Waals surface area contributed by atoms with Crippen LogP contribution in [0, 0.1) is 13.8 Å². The monoisotopic (exact) mass is 340 g/mol. The summed E-state index contributed by atoms with van der Waals surface area (Å²) in [5, 5.41) is 0. The summed E-state index contributed by atoms with van der Waals surface area (Å²) in [7, 11) is -1.64. The van der Waals surface area contributed by atoms with Gasteiger partial charge in [-0.15, -0.1) is 0 Å². The lowest BCUT2D eigenvalue weighted by Gasteiger charge is -2.11. The number of anilines is 1. The lowest BCUT2D eigenvalue weighted by atomic mass is 10.1. The van der Waals surface area contributed by atoms with E-state index in [4.69, 9.17) is 0 Å². The second-order valence-corrected chi connectivity index (χ2v) is 7.75. The molecule has 0 atom stereocenters. The number of sulfonamides is 1. The highest BCUT2D eigenvalue weighted by molar-refractivity contribution is 7.92. The summed E-state index contributed by atoms with van der Waals surface area (Å²) >= 11 is 0. The molecular formula is C19H20N2O2S. The normalized spacial score (nSPS) is 11.5. The lowest BCUT2D eigenvalue weighted by molar-refractivity contribution is 0.601. The minimum absolute atomic E-state index is 0.260. The summed E-state index contributed by atoms with van der Waals surface area (Å²) in [5.74, 6) is 0. The number of nitrogens with one attached hydrogen (secondary N) is 1. The fraction of sp³-hybridized carbons (Fsp3) is 0.158. The van der Waals surface area contributed by atoms with Crippen LogP contribution < -0.4 is 4.72 Å². The van der Waals surface area contributed by atoms with E-state index in [9.17, 15) is 8.42 Å². The molecule has 0 aliphatic rings. The van der Waals surface area contributed by atoms with Crippen LogP contribution in [0.4, 0.5) is 5.69 Å². The minimum Gasteiger partial charge on any atom is -0.357 e. The first kappa shape index (κ1) is 16.3. The Bertz CT molecular complexity index is 971. The topological polar surface area (TPSA) is 51.1 Å². The fourth-order valence-corrected chi connectivity index (χ4v) is 3.65. The van der Waals surface area contributed by atoms with Gasteiger partial charge in [0.15, 0.2) is 0 Å². The molecule has 1 N–H and O–H groups in total. The van der Waals surface area contributed by atoms with E-state index in [1.54, 1.807) is 24.3 Å². The van der Waals surface area contributed by atoms with Gasteiger partial charge in [0, 0.05) is 25.1 Å². The molecule has 1 aromatic heterocycles. The zero-order valence-electron chi connectivity index (χ0n) is 13.9. The molecule has 0 aliphatic heterocycles. The Morgan fingerprint density at radius 2 is 1.58 bits per heavy atom. The van der Waals surface area contributed by atoms with Crippen molar-refractivity contribution in [3.05, 3.63) is 72.1 Å². The van der Waals surface area contributed by atoms with Crippen LogP contribution in [0.25, 0.3) is 11.1 Å². The second-order valence-electron chi connectivity index (χ2n) is 6.07. The van der Waals surface area contributed by atoms with Crippen molar-refractivity contribution in [2.45, 2.75) is 18.7 Å². The first-order valence-corrected chi connectivity index (χ1v) is 9.15. The molecular weight excluding hydrogens is 320 g/mol. The van der Waals surface area contributed by atoms with E-state index in [-0.39, 0.29) is 4.90 Å². The fourth-order valence-electron chi connectivity index (χ4n) is 2.61. The Morgan fingerprint density at radius 3 is 2.21 bits per heavy atom. The number of nitrogens with zero attached hydrogens (tertiary/aromatic N) is 1. The molecule has 4 nitrogen and oxygen atoms in total. The van der Waals surface area contributed by atoms with Crippen molar-refractivity contribution in [2.24, 2.45) is 7.05 Å². The van der Waals surface area contributed by atoms with Crippen LogP contribution in [0.15, 0.2) is 65.8 Å². The minimum atomic E-state index is -3.60. The van der Waals surface area contributed by atoms with Crippen LogP contribution in [0.1, 0.15) is 11.1 Å². The summed E-state index contributed by atoms with van der Waals surface area (Å²) in [6.07, 6.45) is 3.97. The Morgan fingerprint density at radius 1 is 0.875 bits per heavy atom. The van der Waals surface area contributed by atoms with Gasteiger partial charge >= 0.3 is 0 Å². The van der Waals surface area contributed by atoms with Gasteiger partial charge in [-0.05, 0) is 60.9 Å². The third-order valence-corrected chi connectivity index (χ3v) is 5.22. The van der Waals surface area contributed by atoms with E-state index >= 15 is 0 Å². The molecule has 0 spiro atoms. The van der Waals surface area contributed by atoms with Crippen molar-refractivity contribution in [3.8, 4) is 11.1 Å². The Balaban J connectivity index is 1.95. The third kappa shape index (κ3) is 3.51. The Labute approximate surface area is 142 Å². The van der Waals surface area contributed by atoms with Crippen molar-refractivity contribution in [1.82, 2.24) is 4.57 Å². The molecule has 124 valence electrons. The summed E-state index contributed by atoms with van der Waals surface area (Å²) < 4.78 is 29.8. The Hall–Kier alpha value is -2.53. The lowest BCUT2D eigenvalue weighted by Crippen LogP contribution is -2.13. The average Bonchev–Trinajstić information content (AvgIpc) is 2.93. The van der Waals surface area contributed by atoms with Crippen LogP contribution in [0.5, 0.6) is 0 Å². The van der Waals surface area contributed by atoms with Crippen LogP contribution >= 0.6 is 0 Å². The van der Waals surface area contributed by atoms with Crippen LogP contribution in [-0.2, 0) is 17.1 Å². The van der Waals surface area contributed by atoms with E-state index < -0.39 is 10.0 Å². The molecule has 0 saturated heterocycles. The predicted molar refractivity (Wildman–Crippen MR) is 97.6 cm³/mol. The highest BCUT2D eigenvalue weighted by Crippen LogP contribution is 2.26. The maximum Gasteiger partial charge on any atom is 0.261 e. The number of benzene rings is 2. The largest absolute Gasteiger partial charge is 0.357 e. The van der Waals surface area contributed by atoms with Crippen LogP contribution in [-0.4, -0.2) is 13.0 Å². The maximum atomic E-state index is 12.6. The van der Waals surface area contributed by atoms with Crippen LogP contribution in [0.3, 0.4) is 0 Å². The molecule has 0 unspecified atom stereocenters. The van der Waals surface area contributed by atoms with Crippen molar-refractivity contribution >= 4 is 15.7 Å². The Kier molecular flexibility index (Phi) is 4.20. The van der Waals surface area contributed by atoms with Gasteiger partial charge in [-0.1, -0.05) is 23.8 Å². The van der Waals surface area contributed by atoms with E-state index in [2.05, 4.69) is 4.72 Å². The van der Waals surface area contributed by atoms with Gasteiger partial charge in [0.05, 0.1) is 4.90 Å². The third-order valence-electron chi connectivity index (χ3n) is 3.83. The highest BCUT2D eigenvalue weighted by Gasteiger charge is 2.14. The molecule has 1 heterocycles. The van der Waals surface area contributed by atoms with E-state index in [1.165, 1.54) is 0 Å². The van der Waals surface area contributed by atoms with Crippen molar-refractivity contribution in [2.75, 3.05) is 4.72 Å². The SMILES string of the molecule is Cc1ccc(S(=O)(=O)Nc2cc(C)cc(-c3ccn(C)c3)c2)cc1. The van der Waals surface area contributed by atoms with Gasteiger partial charge in [-0.2, -0.15) is 0 Å². The van der Waals surface area contributed by atoms with Gasteiger partial charge in [0.1, 0.15) is 0 Å². The standard InChI is InChI=1S/C19H20N2O2S/c1-14-4-6-19(7-5-14)24(22,23)20-18-11-15(2)10-17(12-18)16-8-9-21(3)13-16/h4-13,20H,1-3H3.